The first-order valence-electron chi connectivity index (χ1n) is 7.65. The summed E-state index contributed by atoms with van der Waals surface area (Å²) in [7, 11) is 0. The van der Waals surface area contributed by atoms with Crippen LogP contribution in [-0.4, -0.2) is 55.7 Å². The zero-order valence-electron chi connectivity index (χ0n) is 13.3. The van der Waals surface area contributed by atoms with Crippen molar-refractivity contribution < 1.29 is 18.0 Å². The summed E-state index contributed by atoms with van der Waals surface area (Å²) in [4.78, 5) is 13.5. The lowest BCUT2D eigenvalue weighted by molar-refractivity contribution is -0.183. The van der Waals surface area contributed by atoms with Crippen molar-refractivity contribution in [1.82, 2.24) is 15.5 Å². The van der Waals surface area contributed by atoms with Crippen molar-refractivity contribution in [2.24, 2.45) is 0 Å². The summed E-state index contributed by atoms with van der Waals surface area (Å²) >= 11 is 0. The van der Waals surface area contributed by atoms with E-state index in [0.717, 1.165) is 11.1 Å². The average molecular weight is 329 g/mol. The van der Waals surface area contributed by atoms with Gasteiger partial charge in [0.05, 0.1) is 0 Å². The van der Waals surface area contributed by atoms with Crippen LogP contribution in [-0.2, 0) is 0 Å². The van der Waals surface area contributed by atoms with E-state index in [0.29, 0.717) is 31.7 Å². The topological polar surface area (TPSA) is 44.4 Å². The van der Waals surface area contributed by atoms with E-state index < -0.39 is 24.7 Å². The fourth-order valence-corrected chi connectivity index (χ4v) is 2.84. The summed E-state index contributed by atoms with van der Waals surface area (Å²) < 4.78 is 39.8. The van der Waals surface area contributed by atoms with Gasteiger partial charge in [-0.2, -0.15) is 13.2 Å². The predicted octanol–water partition coefficient (Wildman–Crippen LogP) is 1.87. The van der Waals surface area contributed by atoms with Gasteiger partial charge in [-0.15, -0.1) is 0 Å². The monoisotopic (exact) mass is 329 g/mol. The van der Waals surface area contributed by atoms with Crippen LogP contribution in [0.15, 0.2) is 18.2 Å². The molecule has 7 heteroatoms. The maximum atomic E-state index is 13.3. The molecule has 0 aromatic heterocycles. The molecule has 1 fully saturated rings. The molecular formula is C16H22F3N3O. The van der Waals surface area contributed by atoms with Crippen LogP contribution in [0.2, 0.25) is 0 Å². The summed E-state index contributed by atoms with van der Waals surface area (Å²) in [6.07, 6.45) is -4.37. The Morgan fingerprint density at radius 1 is 1.22 bits per heavy atom. The van der Waals surface area contributed by atoms with Gasteiger partial charge >= 0.3 is 6.18 Å². The number of hydrogen-bond donors (Lipinski definition) is 2. The maximum Gasteiger partial charge on any atom is 0.405 e. The molecule has 0 radical (unpaired) electrons. The van der Waals surface area contributed by atoms with Crippen LogP contribution in [0.4, 0.5) is 13.2 Å². The highest BCUT2D eigenvalue weighted by molar-refractivity contribution is 5.94. The van der Waals surface area contributed by atoms with E-state index in [2.05, 4.69) is 10.6 Å². The molecule has 1 aliphatic rings. The molecule has 4 nitrogen and oxygen atoms in total. The predicted molar refractivity (Wildman–Crippen MR) is 82.5 cm³/mol. The third-order valence-corrected chi connectivity index (χ3v) is 3.91. The zero-order chi connectivity index (χ0) is 17.0. The van der Waals surface area contributed by atoms with E-state index >= 15 is 0 Å². The van der Waals surface area contributed by atoms with Gasteiger partial charge in [0.1, 0.15) is 6.04 Å². The molecule has 0 bridgehead atoms. The van der Waals surface area contributed by atoms with Gasteiger partial charge in [0.15, 0.2) is 0 Å². The van der Waals surface area contributed by atoms with Gasteiger partial charge in [-0.1, -0.05) is 17.2 Å². The number of aryl methyl sites for hydroxylation is 2. The maximum absolute atomic E-state index is 13.3. The molecule has 1 heterocycles. The summed E-state index contributed by atoms with van der Waals surface area (Å²) in [5.41, 5.74) is 2.21. The Morgan fingerprint density at radius 2 is 1.78 bits per heavy atom. The minimum atomic E-state index is -4.37. The molecule has 1 aromatic rings. The number of benzene rings is 1. The van der Waals surface area contributed by atoms with E-state index in [-0.39, 0.29) is 0 Å². The Balaban J connectivity index is 2.04. The lowest BCUT2D eigenvalue weighted by Gasteiger charge is -2.35. The molecule has 2 rings (SSSR count). The van der Waals surface area contributed by atoms with Gasteiger partial charge in [0.2, 0.25) is 0 Å². The summed E-state index contributed by atoms with van der Waals surface area (Å²) in [5, 5.41) is 5.46. The van der Waals surface area contributed by atoms with Gasteiger partial charge < -0.3 is 10.6 Å². The number of nitrogens with one attached hydrogen (secondary N) is 2. The Labute approximate surface area is 134 Å². The largest absolute Gasteiger partial charge is 0.405 e. The average Bonchev–Trinajstić information content (AvgIpc) is 2.46. The van der Waals surface area contributed by atoms with Crippen LogP contribution in [0.5, 0.6) is 0 Å². The van der Waals surface area contributed by atoms with Crippen molar-refractivity contribution in [3.63, 3.8) is 0 Å². The standard InChI is InChI=1S/C16H22F3N3O/c1-11-7-12(2)9-13(8-11)15(23)21-10-14(16(17,18)19)22-5-3-20-4-6-22/h7-9,14,20H,3-6,10H2,1-2H3,(H,21,23). The van der Waals surface area contributed by atoms with Crippen molar-refractivity contribution in [2.75, 3.05) is 32.7 Å². The van der Waals surface area contributed by atoms with Crippen LogP contribution < -0.4 is 10.6 Å². The van der Waals surface area contributed by atoms with Crippen molar-refractivity contribution >= 4 is 5.91 Å². The normalized spacial score (nSPS) is 17.8. The number of carbonyl (C=O) groups is 1. The van der Waals surface area contributed by atoms with Crippen molar-refractivity contribution in [3.05, 3.63) is 34.9 Å². The number of alkyl halides is 3. The smallest absolute Gasteiger partial charge is 0.350 e. The molecule has 1 amide bonds. The molecule has 1 aliphatic heterocycles. The second-order valence-electron chi connectivity index (χ2n) is 5.93. The molecule has 1 atom stereocenters. The Hall–Kier alpha value is -1.60. The first kappa shape index (κ1) is 17.7. The molecule has 0 spiro atoms. The summed E-state index contributed by atoms with van der Waals surface area (Å²) in [6.45, 7) is 4.96. The Kier molecular flexibility index (Phi) is 5.64. The van der Waals surface area contributed by atoms with Crippen molar-refractivity contribution in [2.45, 2.75) is 26.1 Å². The molecule has 2 N–H and O–H groups in total. The van der Waals surface area contributed by atoms with Gasteiger partial charge in [0.25, 0.3) is 5.91 Å². The van der Waals surface area contributed by atoms with Crippen LogP contribution >= 0.6 is 0 Å². The highest BCUT2D eigenvalue weighted by atomic mass is 19.4. The lowest BCUT2D eigenvalue weighted by Crippen LogP contribution is -2.57. The van der Waals surface area contributed by atoms with Gasteiger partial charge in [-0.3, -0.25) is 9.69 Å². The quantitative estimate of drug-likeness (QED) is 0.886. The molecular weight excluding hydrogens is 307 g/mol. The third-order valence-electron chi connectivity index (χ3n) is 3.91. The minimum Gasteiger partial charge on any atom is -0.350 e. The van der Waals surface area contributed by atoms with Crippen molar-refractivity contribution in [3.8, 4) is 0 Å². The number of nitrogens with zero attached hydrogens (tertiary/aromatic N) is 1. The van der Waals surface area contributed by atoms with Crippen molar-refractivity contribution in [1.29, 1.82) is 0 Å². The zero-order valence-corrected chi connectivity index (χ0v) is 13.3. The van der Waals surface area contributed by atoms with Crippen LogP contribution in [0, 0.1) is 13.8 Å². The fraction of sp³-hybridized carbons (Fsp3) is 0.562. The second-order valence-corrected chi connectivity index (χ2v) is 5.93. The molecule has 0 saturated carbocycles. The molecule has 128 valence electrons. The van der Waals surface area contributed by atoms with Gasteiger partial charge in [0, 0.05) is 38.3 Å². The van der Waals surface area contributed by atoms with E-state index in [1.165, 1.54) is 4.90 Å². The minimum absolute atomic E-state index is 0.323. The lowest BCUT2D eigenvalue weighted by atomic mass is 10.1. The van der Waals surface area contributed by atoms with E-state index in [1.54, 1.807) is 12.1 Å². The highest BCUT2D eigenvalue weighted by Crippen LogP contribution is 2.25. The number of amides is 1. The molecule has 1 aromatic carbocycles. The Bertz CT molecular complexity index is 534. The number of hydrogen-bond acceptors (Lipinski definition) is 3. The van der Waals surface area contributed by atoms with E-state index in [4.69, 9.17) is 0 Å². The van der Waals surface area contributed by atoms with Crippen LogP contribution in [0.1, 0.15) is 21.5 Å². The van der Waals surface area contributed by atoms with Gasteiger partial charge in [-0.05, 0) is 26.0 Å². The van der Waals surface area contributed by atoms with Crippen LogP contribution in [0.25, 0.3) is 0 Å². The second kappa shape index (κ2) is 7.31. The highest BCUT2D eigenvalue weighted by Gasteiger charge is 2.43. The van der Waals surface area contributed by atoms with Gasteiger partial charge in [-0.25, -0.2) is 0 Å². The first-order valence-corrected chi connectivity index (χ1v) is 7.65. The number of piperazine rings is 1. The molecule has 23 heavy (non-hydrogen) atoms. The van der Waals surface area contributed by atoms with E-state index in [1.807, 2.05) is 19.9 Å². The molecule has 1 unspecified atom stereocenters. The Morgan fingerprint density at radius 3 is 2.30 bits per heavy atom. The molecule has 0 aliphatic carbocycles. The number of carbonyl (C=O) groups excluding carboxylic acids is 1. The fourth-order valence-electron chi connectivity index (χ4n) is 2.84. The number of rotatable bonds is 4. The third kappa shape index (κ3) is 4.94. The van der Waals surface area contributed by atoms with E-state index in [9.17, 15) is 18.0 Å². The SMILES string of the molecule is Cc1cc(C)cc(C(=O)NCC(N2CCNCC2)C(F)(F)F)c1. The summed E-state index contributed by atoms with van der Waals surface area (Å²) in [5.74, 6) is -0.471. The molecule has 1 saturated heterocycles. The number of halogens is 3. The first-order chi connectivity index (χ1) is 10.8. The van der Waals surface area contributed by atoms with Crippen LogP contribution in [0.3, 0.4) is 0 Å². The summed E-state index contributed by atoms with van der Waals surface area (Å²) in [6, 6.07) is 3.61.